The Hall–Kier alpha value is -0.570. The molecule has 0 aliphatic heterocycles. The van der Waals surface area contributed by atoms with Crippen molar-refractivity contribution < 1.29 is 4.79 Å². The van der Waals surface area contributed by atoms with Gasteiger partial charge < -0.3 is 11.1 Å². The van der Waals surface area contributed by atoms with E-state index < -0.39 is 0 Å². The van der Waals surface area contributed by atoms with Gasteiger partial charge in [-0.1, -0.05) is 32.1 Å². The number of hydrogen-bond donors (Lipinski definition) is 2. The molecule has 4 unspecified atom stereocenters. The van der Waals surface area contributed by atoms with Gasteiger partial charge in [-0.15, -0.1) is 0 Å². The molecule has 3 aliphatic carbocycles. The van der Waals surface area contributed by atoms with Gasteiger partial charge in [0.25, 0.3) is 0 Å². The second-order valence-corrected chi connectivity index (χ2v) is 6.99. The van der Waals surface area contributed by atoms with Gasteiger partial charge in [-0.2, -0.15) is 0 Å². The maximum absolute atomic E-state index is 12.5. The number of nitrogens with two attached hydrogens (primary N) is 1. The molecule has 19 heavy (non-hydrogen) atoms. The van der Waals surface area contributed by atoms with Crippen molar-refractivity contribution in [3.8, 4) is 0 Å². The molecule has 3 aliphatic rings. The summed E-state index contributed by atoms with van der Waals surface area (Å²) in [4.78, 5) is 12.5. The molecule has 3 heteroatoms. The second-order valence-electron chi connectivity index (χ2n) is 6.99. The largest absolute Gasteiger partial charge is 0.353 e. The summed E-state index contributed by atoms with van der Waals surface area (Å²) in [6.45, 7) is 0. The van der Waals surface area contributed by atoms with Gasteiger partial charge in [-0.3, -0.25) is 4.79 Å². The number of carbonyl (C=O) groups excluding carboxylic acids is 1. The molecule has 0 aromatic carbocycles. The van der Waals surface area contributed by atoms with Crippen molar-refractivity contribution in [3.05, 3.63) is 0 Å². The van der Waals surface area contributed by atoms with Crippen LogP contribution in [0.3, 0.4) is 0 Å². The first-order chi connectivity index (χ1) is 9.25. The van der Waals surface area contributed by atoms with E-state index in [-0.39, 0.29) is 17.9 Å². The summed E-state index contributed by atoms with van der Waals surface area (Å²) >= 11 is 0. The fraction of sp³-hybridized carbons (Fsp3) is 0.938. The minimum absolute atomic E-state index is 0.115. The monoisotopic (exact) mass is 264 g/mol. The van der Waals surface area contributed by atoms with Gasteiger partial charge in [0.05, 0.1) is 5.92 Å². The van der Waals surface area contributed by atoms with Crippen LogP contribution in [0.15, 0.2) is 0 Å². The molecule has 3 nitrogen and oxygen atoms in total. The van der Waals surface area contributed by atoms with Gasteiger partial charge >= 0.3 is 0 Å². The molecular formula is C16H28N2O. The summed E-state index contributed by atoms with van der Waals surface area (Å²) < 4.78 is 0. The Bertz CT molecular complexity index is 321. The molecule has 0 aromatic rings. The smallest absolute Gasteiger partial charge is 0.225 e. The maximum Gasteiger partial charge on any atom is 0.225 e. The molecule has 3 rings (SSSR count). The van der Waals surface area contributed by atoms with Crippen molar-refractivity contribution in [1.29, 1.82) is 0 Å². The summed E-state index contributed by atoms with van der Waals surface area (Å²) in [5.74, 6) is 1.58. The van der Waals surface area contributed by atoms with E-state index in [1.54, 1.807) is 0 Å². The van der Waals surface area contributed by atoms with Gasteiger partial charge in [0, 0.05) is 12.1 Å². The first kappa shape index (κ1) is 13.4. The average Bonchev–Trinajstić information content (AvgIpc) is 2.92. The van der Waals surface area contributed by atoms with Crippen LogP contribution in [0.5, 0.6) is 0 Å². The van der Waals surface area contributed by atoms with Crippen LogP contribution in [0.25, 0.3) is 0 Å². The zero-order chi connectivity index (χ0) is 13.2. The zero-order valence-electron chi connectivity index (χ0n) is 11.9. The molecule has 0 aromatic heterocycles. The van der Waals surface area contributed by atoms with Gasteiger partial charge in [-0.25, -0.2) is 0 Å². The van der Waals surface area contributed by atoms with Crippen molar-refractivity contribution in [1.82, 2.24) is 5.32 Å². The lowest BCUT2D eigenvalue weighted by Crippen LogP contribution is -2.48. The molecule has 3 N–H and O–H groups in total. The Balaban J connectivity index is 1.55. The highest BCUT2D eigenvalue weighted by Crippen LogP contribution is 2.47. The molecule has 0 radical (unpaired) electrons. The predicted molar refractivity (Wildman–Crippen MR) is 76.5 cm³/mol. The summed E-state index contributed by atoms with van der Waals surface area (Å²) in [5, 5.41) is 3.32. The maximum atomic E-state index is 12.5. The number of fused-ring (bicyclic) bond motifs is 2. The van der Waals surface area contributed by atoms with Crippen molar-refractivity contribution >= 4 is 5.91 Å². The third-order valence-electron chi connectivity index (χ3n) is 5.73. The lowest BCUT2D eigenvalue weighted by atomic mass is 9.84. The SMILES string of the molecule is NC1C2CCC(C2)C1C(=O)NC1CCCCCCC1. The Kier molecular flexibility index (Phi) is 4.11. The summed E-state index contributed by atoms with van der Waals surface area (Å²) in [7, 11) is 0. The van der Waals surface area contributed by atoms with Crippen molar-refractivity contribution in [2.75, 3.05) is 0 Å². The molecule has 0 saturated heterocycles. The Morgan fingerprint density at radius 2 is 1.53 bits per heavy atom. The molecule has 1 amide bonds. The second kappa shape index (κ2) is 5.82. The third kappa shape index (κ3) is 2.81. The minimum atomic E-state index is 0.115. The van der Waals surface area contributed by atoms with Crippen LogP contribution in [-0.2, 0) is 4.79 Å². The number of hydrogen-bond acceptors (Lipinski definition) is 2. The lowest BCUT2D eigenvalue weighted by molar-refractivity contribution is -0.127. The highest BCUT2D eigenvalue weighted by atomic mass is 16.2. The normalized spacial score (nSPS) is 39.8. The van der Waals surface area contributed by atoms with Crippen molar-refractivity contribution in [3.63, 3.8) is 0 Å². The fourth-order valence-corrected chi connectivity index (χ4v) is 4.62. The van der Waals surface area contributed by atoms with Crippen LogP contribution < -0.4 is 11.1 Å². The van der Waals surface area contributed by atoms with Crippen LogP contribution >= 0.6 is 0 Å². The van der Waals surface area contributed by atoms with E-state index in [0.29, 0.717) is 17.9 Å². The standard InChI is InChI=1S/C16H28N2O/c17-15-12-9-8-11(10-12)14(15)16(19)18-13-6-4-2-1-3-5-7-13/h11-15H,1-10,17H2,(H,18,19). The van der Waals surface area contributed by atoms with E-state index in [2.05, 4.69) is 5.32 Å². The lowest BCUT2D eigenvalue weighted by Gasteiger charge is -2.29. The molecule has 108 valence electrons. The van der Waals surface area contributed by atoms with E-state index in [1.807, 2.05) is 0 Å². The first-order valence-corrected chi connectivity index (χ1v) is 8.31. The first-order valence-electron chi connectivity index (χ1n) is 8.31. The predicted octanol–water partition coefficient (Wildman–Crippen LogP) is 2.59. The summed E-state index contributed by atoms with van der Waals surface area (Å²) in [6.07, 6.45) is 12.6. The van der Waals surface area contributed by atoms with Crippen LogP contribution in [0.2, 0.25) is 0 Å². The number of amides is 1. The number of rotatable bonds is 2. The molecule has 0 spiro atoms. The van der Waals surface area contributed by atoms with Gasteiger partial charge in [-0.05, 0) is 43.9 Å². The highest BCUT2D eigenvalue weighted by Gasteiger charge is 2.49. The Morgan fingerprint density at radius 3 is 2.16 bits per heavy atom. The average molecular weight is 264 g/mol. The van der Waals surface area contributed by atoms with E-state index >= 15 is 0 Å². The third-order valence-corrected chi connectivity index (χ3v) is 5.73. The van der Waals surface area contributed by atoms with Crippen LogP contribution in [-0.4, -0.2) is 18.0 Å². The topological polar surface area (TPSA) is 55.1 Å². The molecule has 4 atom stereocenters. The highest BCUT2D eigenvalue weighted by molar-refractivity contribution is 5.80. The molecule has 3 saturated carbocycles. The van der Waals surface area contributed by atoms with E-state index in [9.17, 15) is 4.79 Å². The van der Waals surface area contributed by atoms with Gasteiger partial charge in [0.15, 0.2) is 0 Å². The van der Waals surface area contributed by atoms with Crippen LogP contribution in [0, 0.1) is 17.8 Å². The quantitative estimate of drug-likeness (QED) is 0.805. The molecular weight excluding hydrogens is 236 g/mol. The van der Waals surface area contributed by atoms with Crippen molar-refractivity contribution in [2.24, 2.45) is 23.5 Å². The number of nitrogens with one attached hydrogen (secondary N) is 1. The number of carbonyl (C=O) groups is 1. The summed E-state index contributed by atoms with van der Waals surface area (Å²) in [5.41, 5.74) is 6.27. The van der Waals surface area contributed by atoms with Crippen molar-refractivity contribution in [2.45, 2.75) is 76.3 Å². The van der Waals surface area contributed by atoms with E-state index in [0.717, 1.165) is 0 Å². The zero-order valence-corrected chi connectivity index (χ0v) is 11.9. The van der Waals surface area contributed by atoms with E-state index in [4.69, 9.17) is 5.73 Å². The van der Waals surface area contributed by atoms with Crippen LogP contribution in [0.1, 0.15) is 64.2 Å². The Morgan fingerprint density at radius 1 is 0.895 bits per heavy atom. The van der Waals surface area contributed by atoms with Gasteiger partial charge in [0.2, 0.25) is 5.91 Å². The minimum Gasteiger partial charge on any atom is -0.353 e. The molecule has 2 bridgehead atoms. The fourth-order valence-electron chi connectivity index (χ4n) is 4.62. The van der Waals surface area contributed by atoms with E-state index in [1.165, 1.54) is 64.2 Å². The molecule has 3 fully saturated rings. The molecule has 0 heterocycles. The Labute approximate surface area is 116 Å². The van der Waals surface area contributed by atoms with Gasteiger partial charge in [0.1, 0.15) is 0 Å². The van der Waals surface area contributed by atoms with Crippen LogP contribution in [0.4, 0.5) is 0 Å². The summed E-state index contributed by atoms with van der Waals surface area (Å²) in [6, 6.07) is 0.548.